The monoisotopic (exact) mass is 895 g/mol. The van der Waals surface area contributed by atoms with E-state index in [1.54, 1.807) is 0 Å². The lowest BCUT2D eigenvalue weighted by molar-refractivity contribution is -0.167. The summed E-state index contributed by atoms with van der Waals surface area (Å²) in [5.41, 5.74) is 0. The summed E-state index contributed by atoms with van der Waals surface area (Å²) in [4.78, 5) is 37.9. The van der Waals surface area contributed by atoms with Crippen LogP contribution in [0.2, 0.25) is 0 Å². The highest BCUT2D eigenvalue weighted by Crippen LogP contribution is 2.16. The molecule has 0 saturated heterocycles. The van der Waals surface area contributed by atoms with Crippen LogP contribution in [0.15, 0.2) is 60.8 Å². The first-order valence-electron chi connectivity index (χ1n) is 27.3. The lowest BCUT2D eigenvalue weighted by atomic mass is 10.0. The third-order valence-electron chi connectivity index (χ3n) is 11.8. The number of hydrogen-bond donors (Lipinski definition) is 0. The van der Waals surface area contributed by atoms with Crippen LogP contribution < -0.4 is 0 Å². The van der Waals surface area contributed by atoms with Crippen LogP contribution >= 0.6 is 0 Å². The van der Waals surface area contributed by atoms with E-state index >= 15 is 0 Å². The SMILES string of the molecule is CC/C=C\C/C=C\C/C=C\C/C=C\C/C=C\CCCCCC(=O)OCC(COC(=O)CCCCCCCCCC)OC(=O)CCCCCCCCCCCCCCCCCCCCC. The molecule has 0 aliphatic heterocycles. The predicted molar refractivity (Wildman–Crippen MR) is 275 cm³/mol. The van der Waals surface area contributed by atoms with Gasteiger partial charge in [0.05, 0.1) is 0 Å². The minimum Gasteiger partial charge on any atom is -0.462 e. The molecule has 0 rings (SSSR count). The van der Waals surface area contributed by atoms with E-state index in [2.05, 4.69) is 81.5 Å². The molecule has 0 fully saturated rings. The fourth-order valence-corrected chi connectivity index (χ4v) is 7.70. The number of esters is 3. The molecular weight excluding hydrogens is 793 g/mol. The Bertz CT molecular complexity index is 1170. The highest BCUT2D eigenvalue weighted by Gasteiger charge is 2.19. The number of rotatable bonds is 49. The topological polar surface area (TPSA) is 78.9 Å². The minimum atomic E-state index is -0.783. The first-order chi connectivity index (χ1) is 31.5. The van der Waals surface area contributed by atoms with Crippen molar-refractivity contribution >= 4 is 17.9 Å². The summed E-state index contributed by atoms with van der Waals surface area (Å²) < 4.78 is 16.8. The van der Waals surface area contributed by atoms with Gasteiger partial charge in [0.25, 0.3) is 0 Å². The summed E-state index contributed by atoms with van der Waals surface area (Å²) >= 11 is 0. The molecule has 64 heavy (non-hydrogen) atoms. The number of allylic oxidation sites excluding steroid dienone is 10. The van der Waals surface area contributed by atoms with Crippen molar-refractivity contribution in [1.29, 1.82) is 0 Å². The Morgan fingerprint density at radius 3 is 0.953 bits per heavy atom. The van der Waals surface area contributed by atoms with Crippen molar-refractivity contribution in [2.24, 2.45) is 0 Å². The maximum absolute atomic E-state index is 12.8. The quantitative estimate of drug-likeness (QED) is 0.0262. The molecule has 0 bridgehead atoms. The second-order valence-electron chi connectivity index (χ2n) is 18.1. The predicted octanol–water partition coefficient (Wildman–Crippen LogP) is 18.0. The van der Waals surface area contributed by atoms with Crippen molar-refractivity contribution in [2.45, 2.75) is 277 Å². The molecule has 0 N–H and O–H groups in total. The summed E-state index contributed by atoms with van der Waals surface area (Å²) in [6, 6.07) is 0. The molecule has 0 spiro atoms. The van der Waals surface area contributed by atoms with Crippen molar-refractivity contribution < 1.29 is 28.6 Å². The van der Waals surface area contributed by atoms with Crippen LogP contribution in [-0.4, -0.2) is 37.2 Å². The van der Waals surface area contributed by atoms with E-state index in [0.717, 1.165) is 96.3 Å². The number of carbonyl (C=O) groups is 3. The van der Waals surface area contributed by atoms with Crippen LogP contribution in [0.5, 0.6) is 0 Å². The van der Waals surface area contributed by atoms with E-state index in [-0.39, 0.29) is 31.1 Å². The van der Waals surface area contributed by atoms with Crippen molar-refractivity contribution in [3.63, 3.8) is 0 Å². The molecule has 0 aliphatic carbocycles. The zero-order valence-corrected chi connectivity index (χ0v) is 42.3. The summed E-state index contributed by atoms with van der Waals surface area (Å²) in [5.74, 6) is -0.910. The lowest BCUT2D eigenvalue weighted by Crippen LogP contribution is -2.30. The average Bonchev–Trinajstić information content (AvgIpc) is 3.29. The Kier molecular flexibility index (Phi) is 50.4. The Hall–Kier alpha value is -2.89. The van der Waals surface area contributed by atoms with Crippen LogP contribution in [0, 0.1) is 0 Å². The highest BCUT2D eigenvalue weighted by molar-refractivity contribution is 5.71. The zero-order chi connectivity index (χ0) is 46.5. The van der Waals surface area contributed by atoms with E-state index < -0.39 is 6.10 Å². The smallest absolute Gasteiger partial charge is 0.306 e. The van der Waals surface area contributed by atoms with Gasteiger partial charge >= 0.3 is 17.9 Å². The maximum Gasteiger partial charge on any atom is 0.306 e. The van der Waals surface area contributed by atoms with Crippen LogP contribution in [-0.2, 0) is 28.6 Å². The van der Waals surface area contributed by atoms with Crippen LogP contribution in [0.1, 0.15) is 271 Å². The minimum absolute atomic E-state index is 0.0820. The first kappa shape index (κ1) is 61.1. The summed E-state index contributed by atoms with van der Waals surface area (Å²) in [6.45, 7) is 6.49. The molecule has 0 heterocycles. The van der Waals surface area contributed by atoms with Crippen molar-refractivity contribution in [2.75, 3.05) is 13.2 Å². The fraction of sp³-hybridized carbons (Fsp3) is 0.776. The second kappa shape index (κ2) is 52.7. The summed E-state index contributed by atoms with van der Waals surface area (Å²) in [5, 5.41) is 0. The zero-order valence-electron chi connectivity index (χ0n) is 42.3. The van der Waals surface area contributed by atoms with E-state index in [1.165, 1.54) is 135 Å². The van der Waals surface area contributed by atoms with E-state index in [0.29, 0.717) is 19.3 Å². The molecule has 370 valence electrons. The van der Waals surface area contributed by atoms with Gasteiger partial charge in [0.15, 0.2) is 6.10 Å². The second-order valence-corrected chi connectivity index (χ2v) is 18.1. The van der Waals surface area contributed by atoms with E-state index in [9.17, 15) is 14.4 Å². The van der Waals surface area contributed by atoms with Crippen LogP contribution in [0.25, 0.3) is 0 Å². The number of hydrogen-bond acceptors (Lipinski definition) is 6. The Morgan fingerprint density at radius 2 is 0.609 bits per heavy atom. The van der Waals surface area contributed by atoms with Crippen molar-refractivity contribution in [1.82, 2.24) is 0 Å². The average molecular weight is 895 g/mol. The third-order valence-corrected chi connectivity index (χ3v) is 11.8. The molecule has 1 atom stereocenters. The normalized spacial score (nSPS) is 12.5. The molecule has 0 amide bonds. The van der Waals surface area contributed by atoms with Gasteiger partial charge in [-0.05, 0) is 64.2 Å². The molecule has 0 saturated carbocycles. The van der Waals surface area contributed by atoms with Gasteiger partial charge in [-0.3, -0.25) is 14.4 Å². The Morgan fingerprint density at radius 1 is 0.328 bits per heavy atom. The van der Waals surface area contributed by atoms with Gasteiger partial charge in [-0.25, -0.2) is 0 Å². The summed E-state index contributed by atoms with van der Waals surface area (Å²) in [6.07, 6.45) is 65.1. The highest BCUT2D eigenvalue weighted by atomic mass is 16.6. The van der Waals surface area contributed by atoms with E-state index in [1.807, 2.05) is 0 Å². The lowest BCUT2D eigenvalue weighted by Gasteiger charge is -2.18. The molecule has 6 heteroatoms. The molecule has 1 unspecified atom stereocenters. The third kappa shape index (κ3) is 50.1. The maximum atomic E-state index is 12.8. The van der Waals surface area contributed by atoms with Gasteiger partial charge in [-0.15, -0.1) is 0 Å². The van der Waals surface area contributed by atoms with Gasteiger partial charge in [0.2, 0.25) is 0 Å². The van der Waals surface area contributed by atoms with Gasteiger partial charge < -0.3 is 14.2 Å². The molecule has 6 nitrogen and oxygen atoms in total. The Labute approximate surface area is 396 Å². The summed E-state index contributed by atoms with van der Waals surface area (Å²) in [7, 11) is 0. The Balaban J connectivity index is 4.30. The van der Waals surface area contributed by atoms with Gasteiger partial charge in [0.1, 0.15) is 13.2 Å². The number of carbonyl (C=O) groups excluding carboxylic acids is 3. The number of ether oxygens (including phenoxy) is 3. The van der Waals surface area contributed by atoms with Crippen molar-refractivity contribution in [3.8, 4) is 0 Å². The first-order valence-corrected chi connectivity index (χ1v) is 27.3. The van der Waals surface area contributed by atoms with Crippen molar-refractivity contribution in [3.05, 3.63) is 60.8 Å². The van der Waals surface area contributed by atoms with Gasteiger partial charge in [-0.2, -0.15) is 0 Å². The van der Waals surface area contributed by atoms with Crippen LogP contribution in [0.4, 0.5) is 0 Å². The molecule has 0 aromatic carbocycles. The molecule has 0 aliphatic rings. The van der Waals surface area contributed by atoms with Crippen LogP contribution in [0.3, 0.4) is 0 Å². The fourth-order valence-electron chi connectivity index (χ4n) is 7.70. The molecular formula is C58H102O6. The van der Waals surface area contributed by atoms with E-state index in [4.69, 9.17) is 14.2 Å². The molecule has 0 aromatic heterocycles. The number of unbranched alkanes of at least 4 members (excludes halogenated alkanes) is 28. The van der Waals surface area contributed by atoms with Gasteiger partial charge in [-0.1, -0.05) is 248 Å². The standard InChI is InChI=1S/C58H102O6/c1-4-7-10-13-16-19-21-23-25-27-29-31-33-35-37-39-42-45-48-51-57(60)63-54-55(53-62-56(59)50-47-44-41-18-15-12-9-6-3)64-58(61)52-49-46-43-40-38-36-34-32-30-28-26-24-22-20-17-14-11-8-5-2/h7,10,16,19,23,25,29,31,35,37,55H,4-6,8-9,11-15,17-18,20-22,24,26-28,30,32-34,36,38-54H2,1-3H3/b10-7-,19-16-,25-23-,31-29-,37-35-. The van der Waals surface area contributed by atoms with Gasteiger partial charge in [0, 0.05) is 19.3 Å². The molecule has 0 aromatic rings. The largest absolute Gasteiger partial charge is 0.462 e. The molecule has 0 radical (unpaired) electrons.